The monoisotopic (exact) mass is 333 g/mol. The van der Waals surface area contributed by atoms with Crippen LogP contribution in [-0.4, -0.2) is 31.3 Å². The molecule has 1 amide bonds. The van der Waals surface area contributed by atoms with Crippen molar-refractivity contribution in [2.75, 3.05) is 5.32 Å². The summed E-state index contributed by atoms with van der Waals surface area (Å²) in [5, 5.41) is 20.5. The lowest BCUT2D eigenvalue weighted by Crippen LogP contribution is -2.22. The minimum atomic E-state index is -0.499. The third-order valence-corrected chi connectivity index (χ3v) is 4.38. The van der Waals surface area contributed by atoms with Crippen LogP contribution in [0.4, 0.5) is 11.4 Å². The predicted molar refractivity (Wildman–Crippen MR) is 85.4 cm³/mol. The van der Waals surface area contributed by atoms with Crippen LogP contribution in [0.15, 0.2) is 29.4 Å². The van der Waals surface area contributed by atoms with Crippen LogP contribution < -0.4 is 5.32 Å². The van der Waals surface area contributed by atoms with Gasteiger partial charge >= 0.3 is 0 Å². The summed E-state index contributed by atoms with van der Waals surface area (Å²) in [5.41, 5.74) is 0.330. The average Bonchev–Trinajstić information content (AvgIpc) is 3.27. The second kappa shape index (κ2) is 6.37. The molecule has 0 bridgehead atoms. The molecule has 2 aromatic rings. The molecule has 0 saturated heterocycles. The number of hydrogen-bond acceptors (Lipinski definition) is 6. The number of nitro groups is 1. The molecule has 3 rings (SSSR count). The molecule has 1 aromatic heterocycles. The molecule has 1 fully saturated rings. The van der Waals surface area contributed by atoms with Gasteiger partial charge in [-0.05, 0) is 25.8 Å². The highest BCUT2D eigenvalue weighted by Crippen LogP contribution is 2.38. The van der Waals surface area contributed by atoms with E-state index in [4.69, 9.17) is 0 Å². The maximum absolute atomic E-state index is 12.2. The van der Waals surface area contributed by atoms with Crippen LogP contribution in [0.3, 0.4) is 0 Å². The summed E-state index contributed by atoms with van der Waals surface area (Å²) in [6, 6.07) is 5.84. The normalized spacial score (nSPS) is 15.2. The Labute approximate surface area is 136 Å². The summed E-state index contributed by atoms with van der Waals surface area (Å²) in [5.74, 6) is 1.10. The first kappa shape index (κ1) is 15.5. The first-order chi connectivity index (χ1) is 11.0. The van der Waals surface area contributed by atoms with Crippen LogP contribution >= 0.6 is 11.8 Å². The van der Waals surface area contributed by atoms with Gasteiger partial charge in [-0.25, -0.2) is 4.98 Å². The molecule has 1 heterocycles. The number of nitrogens with one attached hydrogen (secondary N) is 2. The topological polar surface area (TPSA) is 114 Å². The van der Waals surface area contributed by atoms with Crippen LogP contribution in [0.25, 0.3) is 0 Å². The van der Waals surface area contributed by atoms with E-state index in [0.29, 0.717) is 16.8 Å². The van der Waals surface area contributed by atoms with Gasteiger partial charge in [0.05, 0.1) is 10.2 Å². The van der Waals surface area contributed by atoms with Gasteiger partial charge in [0.1, 0.15) is 5.82 Å². The fourth-order valence-corrected chi connectivity index (χ4v) is 2.73. The Morgan fingerprint density at radius 1 is 1.52 bits per heavy atom. The molecule has 8 nitrogen and oxygen atoms in total. The summed E-state index contributed by atoms with van der Waals surface area (Å²) in [6.45, 7) is 1.74. The number of thioether (sulfide) groups is 1. The smallest absolute Gasteiger partial charge is 0.271 e. The third kappa shape index (κ3) is 3.86. The van der Waals surface area contributed by atoms with Gasteiger partial charge in [-0.3, -0.25) is 20.0 Å². The Balaban J connectivity index is 1.60. The predicted octanol–water partition coefficient (Wildman–Crippen LogP) is 2.71. The third-order valence-electron chi connectivity index (χ3n) is 3.42. The first-order valence-electron chi connectivity index (χ1n) is 7.17. The molecule has 2 N–H and O–H groups in total. The fraction of sp³-hybridized carbons (Fsp3) is 0.357. The number of nitrogens with zero attached hydrogens (tertiary/aromatic N) is 3. The zero-order valence-corrected chi connectivity index (χ0v) is 13.2. The van der Waals surface area contributed by atoms with E-state index in [1.165, 1.54) is 30.0 Å². The zero-order valence-electron chi connectivity index (χ0n) is 12.4. The average molecular weight is 333 g/mol. The van der Waals surface area contributed by atoms with Crippen molar-refractivity contribution in [2.45, 2.75) is 36.1 Å². The van der Waals surface area contributed by atoms with Crippen molar-refractivity contribution < 1.29 is 9.72 Å². The lowest BCUT2D eigenvalue weighted by molar-refractivity contribution is -0.384. The molecule has 1 saturated carbocycles. The highest BCUT2D eigenvalue weighted by molar-refractivity contribution is 8.00. The van der Waals surface area contributed by atoms with E-state index in [2.05, 4.69) is 20.5 Å². The molecule has 0 spiro atoms. The van der Waals surface area contributed by atoms with E-state index < -0.39 is 10.2 Å². The maximum Gasteiger partial charge on any atom is 0.271 e. The highest BCUT2D eigenvalue weighted by Gasteiger charge is 2.28. The molecule has 1 aliphatic rings. The lowest BCUT2D eigenvalue weighted by atomic mass is 10.2. The second-order valence-electron chi connectivity index (χ2n) is 5.33. The molecular formula is C14H15N5O3S. The highest BCUT2D eigenvalue weighted by atomic mass is 32.2. The van der Waals surface area contributed by atoms with E-state index >= 15 is 0 Å². The van der Waals surface area contributed by atoms with Crippen molar-refractivity contribution >= 4 is 29.0 Å². The van der Waals surface area contributed by atoms with Gasteiger partial charge in [0.15, 0.2) is 0 Å². The van der Waals surface area contributed by atoms with Crippen molar-refractivity contribution in [1.82, 2.24) is 15.2 Å². The molecule has 1 aliphatic carbocycles. The Morgan fingerprint density at radius 3 is 3.00 bits per heavy atom. The summed E-state index contributed by atoms with van der Waals surface area (Å²) in [4.78, 5) is 26.8. The largest absolute Gasteiger partial charge is 0.325 e. The minimum absolute atomic E-state index is 0.0638. The number of hydrogen-bond donors (Lipinski definition) is 2. The number of non-ortho nitro benzene ring substituents is 1. The van der Waals surface area contributed by atoms with Crippen molar-refractivity contribution in [1.29, 1.82) is 0 Å². The molecule has 23 heavy (non-hydrogen) atoms. The van der Waals surface area contributed by atoms with Gasteiger partial charge < -0.3 is 5.32 Å². The lowest BCUT2D eigenvalue weighted by Gasteiger charge is -2.09. The summed E-state index contributed by atoms with van der Waals surface area (Å²) >= 11 is 1.25. The van der Waals surface area contributed by atoms with Gasteiger partial charge in [0, 0.05) is 23.7 Å². The number of benzene rings is 1. The number of anilines is 1. The first-order valence-corrected chi connectivity index (χ1v) is 8.05. The molecule has 1 atom stereocenters. The van der Waals surface area contributed by atoms with E-state index in [1.54, 1.807) is 13.0 Å². The Bertz CT molecular complexity index is 744. The van der Waals surface area contributed by atoms with Crippen LogP contribution in [0, 0.1) is 10.1 Å². The van der Waals surface area contributed by atoms with Crippen molar-refractivity contribution in [3.63, 3.8) is 0 Å². The Morgan fingerprint density at radius 2 is 2.30 bits per heavy atom. The summed E-state index contributed by atoms with van der Waals surface area (Å²) < 4.78 is 0. The van der Waals surface area contributed by atoms with E-state index in [0.717, 1.165) is 18.7 Å². The van der Waals surface area contributed by atoms with Crippen LogP contribution in [0.2, 0.25) is 0 Å². The summed E-state index contributed by atoms with van der Waals surface area (Å²) in [7, 11) is 0. The van der Waals surface area contributed by atoms with Gasteiger partial charge in [-0.2, -0.15) is 0 Å². The van der Waals surface area contributed by atoms with Crippen molar-refractivity contribution in [2.24, 2.45) is 0 Å². The van der Waals surface area contributed by atoms with Crippen molar-refractivity contribution in [3.05, 3.63) is 40.2 Å². The van der Waals surface area contributed by atoms with Crippen LogP contribution in [0.1, 0.15) is 31.5 Å². The number of aromatic amines is 1. The zero-order chi connectivity index (χ0) is 16.4. The van der Waals surface area contributed by atoms with Gasteiger partial charge in [0.2, 0.25) is 11.1 Å². The van der Waals surface area contributed by atoms with E-state index in [9.17, 15) is 14.9 Å². The minimum Gasteiger partial charge on any atom is -0.325 e. The quantitative estimate of drug-likeness (QED) is 0.477. The number of amides is 1. The Hall–Kier alpha value is -2.42. The standard InChI is InChI=1S/C14H15N5O3S/c1-8(23-14-16-12(17-18-14)9-5-6-9)13(20)15-10-3-2-4-11(7-10)19(21)22/h2-4,7-9H,5-6H2,1H3,(H,15,20)(H,16,17,18). The van der Waals surface area contributed by atoms with Gasteiger partial charge in [-0.15, -0.1) is 5.10 Å². The number of nitro benzene ring substituents is 1. The van der Waals surface area contributed by atoms with E-state index in [-0.39, 0.29) is 11.6 Å². The number of carbonyl (C=O) groups excluding carboxylic acids is 1. The SMILES string of the molecule is CC(Sc1n[nH]c(C2CC2)n1)C(=O)Nc1cccc([N+](=O)[O-])c1. The van der Waals surface area contributed by atoms with Crippen molar-refractivity contribution in [3.8, 4) is 0 Å². The fourth-order valence-electron chi connectivity index (χ4n) is 2.00. The second-order valence-corrected chi connectivity index (χ2v) is 6.64. The molecule has 9 heteroatoms. The van der Waals surface area contributed by atoms with Gasteiger partial charge in [0.25, 0.3) is 5.69 Å². The van der Waals surface area contributed by atoms with Crippen LogP contribution in [-0.2, 0) is 4.79 Å². The molecular weight excluding hydrogens is 318 g/mol. The number of rotatable bonds is 6. The number of aromatic nitrogens is 3. The Kier molecular flexibility index (Phi) is 4.28. The molecule has 0 radical (unpaired) electrons. The number of carbonyl (C=O) groups is 1. The molecule has 120 valence electrons. The molecule has 0 aliphatic heterocycles. The summed E-state index contributed by atoms with van der Waals surface area (Å²) in [6.07, 6.45) is 2.25. The van der Waals surface area contributed by atoms with E-state index in [1.807, 2.05) is 0 Å². The van der Waals surface area contributed by atoms with Crippen LogP contribution in [0.5, 0.6) is 0 Å². The molecule has 1 unspecified atom stereocenters. The molecule has 1 aromatic carbocycles. The maximum atomic E-state index is 12.2. The number of H-pyrrole nitrogens is 1. The van der Waals surface area contributed by atoms with Gasteiger partial charge in [-0.1, -0.05) is 17.8 Å².